The van der Waals surface area contributed by atoms with Gasteiger partial charge in [0.05, 0.1) is 15.6 Å². The third kappa shape index (κ3) is 3.12. The molecule has 6 heteroatoms. The molecular formula is C20H21N3OS2. The normalized spacial score (nSPS) is 15.9. The van der Waals surface area contributed by atoms with Gasteiger partial charge in [0.1, 0.15) is 6.33 Å². The summed E-state index contributed by atoms with van der Waals surface area (Å²) in [5, 5.41) is 8.58. The Labute approximate surface area is 161 Å². The molecule has 0 unspecified atom stereocenters. The summed E-state index contributed by atoms with van der Waals surface area (Å²) in [5.74, 6) is 1.12. The van der Waals surface area contributed by atoms with Crippen molar-refractivity contribution >= 4 is 28.9 Å². The van der Waals surface area contributed by atoms with Crippen molar-refractivity contribution in [2.24, 2.45) is 5.41 Å². The number of rotatable bonds is 4. The predicted molar refractivity (Wildman–Crippen MR) is 107 cm³/mol. The van der Waals surface area contributed by atoms with Crippen molar-refractivity contribution in [3.05, 3.63) is 53.3 Å². The van der Waals surface area contributed by atoms with Crippen molar-refractivity contribution in [1.82, 2.24) is 14.8 Å². The van der Waals surface area contributed by atoms with E-state index in [-0.39, 0.29) is 11.2 Å². The Morgan fingerprint density at radius 3 is 2.73 bits per heavy atom. The van der Waals surface area contributed by atoms with Gasteiger partial charge in [0, 0.05) is 12.0 Å². The lowest BCUT2D eigenvalue weighted by atomic mass is 9.74. The summed E-state index contributed by atoms with van der Waals surface area (Å²) in [6.45, 7) is 5.06. The molecule has 4 nitrogen and oxygen atoms in total. The molecule has 134 valence electrons. The average Bonchev–Trinajstić information content (AvgIpc) is 3.18. The van der Waals surface area contributed by atoms with Crippen LogP contribution in [0.15, 0.2) is 40.9 Å². The third-order valence-electron chi connectivity index (χ3n) is 4.75. The van der Waals surface area contributed by atoms with Crippen molar-refractivity contribution < 1.29 is 4.79 Å². The fraction of sp³-hybridized carbons (Fsp3) is 0.350. The van der Waals surface area contributed by atoms with Crippen LogP contribution in [0.1, 0.15) is 41.8 Å². The van der Waals surface area contributed by atoms with Gasteiger partial charge in [0.25, 0.3) is 0 Å². The number of hydrogen-bond acceptors (Lipinski definition) is 5. The van der Waals surface area contributed by atoms with Crippen LogP contribution in [0.5, 0.6) is 0 Å². The summed E-state index contributed by atoms with van der Waals surface area (Å²) in [7, 11) is 0. The molecule has 2 heterocycles. The zero-order chi connectivity index (χ0) is 18.3. The molecule has 0 spiro atoms. The molecular weight excluding hydrogens is 362 g/mol. The van der Waals surface area contributed by atoms with E-state index in [2.05, 4.69) is 40.7 Å². The highest BCUT2D eigenvalue weighted by atomic mass is 32.2. The largest absolute Gasteiger partial charge is 0.308 e. The molecule has 0 fully saturated rings. The monoisotopic (exact) mass is 383 g/mol. The summed E-state index contributed by atoms with van der Waals surface area (Å²) in [5.41, 5.74) is 3.27. The molecule has 0 atom stereocenters. The first-order valence-electron chi connectivity index (χ1n) is 8.63. The summed E-state index contributed by atoms with van der Waals surface area (Å²) in [6.07, 6.45) is 5.33. The van der Waals surface area contributed by atoms with Crippen molar-refractivity contribution in [2.45, 2.75) is 37.4 Å². The molecule has 26 heavy (non-hydrogen) atoms. The van der Waals surface area contributed by atoms with Crippen molar-refractivity contribution in [2.75, 3.05) is 6.26 Å². The van der Waals surface area contributed by atoms with Crippen LogP contribution < -0.4 is 0 Å². The first-order valence-corrected chi connectivity index (χ1v) is 10.7. The van der Waals surface area contributed by atoms with Crippen molar-refractivity contribution in [3.63, 3.8) is 0 Å². The van der Waals surface area contributed by atoms with E-state index >= 15 is 0 Å². The zero-order valence-corrected chi connectivity index (χ0v) is 16.8. The lowest BCUT2D eigenvalue weighted by Gasteiger charge is -2.29. The Bertz CT molecular complexity index is 957. The molecule has 0 aliphatic heterocycles. The van der Waals surface area contributed by atoms with Gasteiger partial charge >= 0.3 is 0 Å². The average molecular weight is 384 g/mol. The van der Waals surface area contributed by atoms with E-state index in [0.717, 1.165) is 39.0 Å². The Hall–Kier alpha value is -1.92. The molecule has 4 rings (SSSR count). The minimum absolute atomic E-state index is 0.0140. The van der Waals surface area contributed by atoms with Crippen LogP contribution in [-0.2, 0) is 13.0 Å². The minimum Gasteiger partial charge on any atom is -0.308 e. The van der Waals surface area contributed by atoms with Crippen LogP contribution in [-0.4, -0.2) is 26.8 Å². The lowest BCUT2D eigenvalue weighted by molar-refractivity contribution is 0.0910. The maximum Gasteiger partial charge on any atom is 0.174 e. The van der Waals surface area contributed by atoms with Crippen LogP contribution in [0.3, 0.4) is 0 Å². The Morgan fingerprint density at radius 1 is 1.23 bits per heavy atom. The number of benzene rings is 1. The Balaban J connectivity index is 1.81. The number of carbonyl (C=O) groups excluding carboxylic acids is 1. The fourth-order valence-electron chi connectivity index (χ4n) is 3.61. The number of carbonyl (C=O) groups is 1. The molecule has 0 radical (unpaired) electrons. The number of fused-ring (bicyclic) bond motifs is 1. The highest BCUT2D eigenvalue weighted by Gasteiger charge is 2.37. The van der Waals surface area contributed by atoms with Crippen molar-refractivity contribution in [3.8, 4) is 10.7 Å². The zero-order valence-electron chi connectivity index (χ0n) is 15.2. The summed E-state index contributed by atoms with van der Waals surface area (Å²) in [4.78, 5) is 13.9. The molecule has 0 saturated carbocycles. The van der Waals surface area contributed by atoms with Gasteiger partial charge in [0.15, 0.2) is 11.6 Å². The summed E-state index contributed by atoms with van der Waals surface area (Å²) >= 11 is 3.34. The van der Waals surface area contributed by atoms with E-state index in [1.165, 1.54) is 5.56 Å². The lowest BCUT2D eigenvalue weighted by Crippen LogP contribution is -2.26. The van der Waals surface area contributed by atoms with E-state index in [1.807, 2.05) is 24.5 Å². The van der Waals surface area contributed by atoms with E-state index in [0.29, 0.717) is 6.42 Å². The van der Waals surface area contributed by atoms with Crippen LogP contribution >= 0.6 is 23.1 Å². The van der Waals surface area contributed by atoms with Gasteiger partial charge in [-0.3, -0.25) is 4.79 Å². The van der Waals surface area contributed by atoms with E-state index in [4.69, 9.17) is 0 Å². The first kappa shape index (κ1) is 17.5. The van der Waals surface area contributed by atoms with Crippen LogP contribution in [0.2, 0.25) is 0 Å². The molecule has 0 saturated heterocycles. The second kappa shape index (κ2) is 6.67. The maximum atomic E-state index is 12.8. The number of aromatic nitrogens is 3. The van der Waals surface area contributed by atoms with Crippen LogP contribution in [0, 0.1) is 5.41 Å². The highest BCUT2D eigenvalue weighted by Crippen LogP contribution is 2.47. The quantitative estimate of drug-likeness (QED) is 0.599. The molecule has 0 bridgehead atoms. The third-order valence-corrected chi connectivity index (χ3v) is 7.10. The van der Waals surface area contributed by atoms with E-state index in [9.17, 15) is 4.79 Å². The molecule has 2 aromatic heterocycles. The molecule has 0 N–H and O–H groups in total. The van der Waals surface area contributed by atoms with Gasteiger partial charge in [0.2, 0.25) is 0 Å². The highest BCUT2D eigenvalue weighted by molar-refractivity contribution is 8.00. The molecule has 1 aromatic carbocycles. The first-order chi connectivity index (χ1) is 12.5. The van der Waals surface area contributed by atoms with Gasteiger partial charge in [-0.2, -0.15) is 0 Å². The minimum atomic E-state index is -0.0140. The van der Waals surface area contributed by atoms with Crippen LogP contribution in [0.4, 0.5) is 0 Å². The number of nitrogens with zero attached hydrogens (tertiary/aromatic N) is 3. The van der Waals surface area contributed by atoms with E-state index in [1.54, 1.807) is 29.4 Å². The SMILES string of the molecule is CSc1sc(-c2nncn2Cc2ccccc2)c2c1C(=O)CC(C)(C)C2. The number of hydrogen-bond donors (Lipinski definition) is 0. The van der Waals surface area contributed by atoms with Gasteiger partial charge in [-0.1, -0.05) is 44.2 Å². The van der Waals surface area contributed by atoms with Gasteiger partial charge < -0.3 is 4.57 Å². The molecule has 3 aromatic rings. The smallest absolute Gasteiger partial charge is 0.174 e. The number of thiophene rings is 1. The van der Waals surface area contributed by atoms with E-state index < -0.39 is 0 Å². The Kier molecular flexibility index (Phi) is 4.49. The van der Waals surface area contributed by atoms with Gasteiger partial charge in [-0.05, 0) is 29.2 Å². The summed E-state index contributed by atoms with van der Waals surface area (Å²) in [6, 6.07) is 10.3. The predicted octanol–water partition coefficient (Wildman–Crippen LogP) is 4.93. The second-order valence-corrected chi connectivity index (χ2v) is 9.58. The molecule has 1 aliphatic carbocycles. The van der Waals surface area contributed by atoms with Gasteiger partial charge in [-0.15, -0.1) is 33.3 Å². The van der Waals surface area contributed by atoms with Gasteiger partial charge in [-0.25, -0.2) is 0 Å². The maximum absolute atomic E-state index is 12.8. The number of thioether (sulfide) groups is 1. The standard InChI is InChI=1S/C20H21N3OS2/c1-20(2)9-14-16(15(24)10-20)19(25-3)26-17(14)18-22-21-12-23(18)11-13-7-5-4-6-8-13/h4-8,12H,9-11H2,1-3H3. The summed E-state index contributed by atoms with van der Waals surface area (Å²) < 4.78 is 3.18. The molecule has 0 amide bonds. The fourth-order valence-corrected chi connectivity index (χ4v) is 5.70. The van der Waals surface area contributed by atoms with Crippen molar-refractivity contribution in [1.29, 1.82) is 0 Å². The Morgan fingerprint density at radius 2 is 2.00 bits per heavy atom. The second-order valence-electron chi connectivity index (χ2n) is 7.49. The topological polar surface area (TPSA) is 47.8 Å². The molecule has 1 aliphatic rings. The van der Waals surface area contributed by atoms with Crippen LogP contribution in [0.25, 0.3) is 10.7 Å². The number of Topliss-reactive ketones (excluding diaryl/α,β-unsaturated/α-hetero) is 1. The number of ketones is 1.